The summed E-state index contributed by atoms with van der Waals surface area (Å²) in [5.74, 6) is 1.19. The van der Waals surface area contributed by atoms with Gasteiger partial charge in [0.25, 0.3) is 0 Å². The number of hydrogen-bond acceptors (Lipinski definition) is 6. The smallest absolute Gasteiger partial charge is 0.293 e. The Kier molecular flexibility index (Phi) is 5.88. The molecular weight excluding hydrogens is 455 g/mol. The number of tetrazole rings is 1. The predicted octanol–water partition coefficient (Wildman–Crippen LogP) is 5.15. The SMILES string of the molecule is CC1=CN(C)N2C(=C1)N=C(CCC(F)(F)F)C2Cc1ccc(-c2ccccc2-c2nn[nH]n2)cc1. The Morgan fingerprint density at radius 3 is 2.46 bits per heavy atom. The summed E-state index contributed by atoms with van der Waals surface area (Å²) in [5, 5.41) is 18.2. The average molecular weight is 480 g/mol. The summed E-state index contributed by atoms with van der Waals surface area (Å²) in [4.78, 5) is 4.60. The van der Waals surface area contributed by atoms with Gasteiger partial charge in [-0.05, 0) is 46.9 Å². The first-order valence-electron chi connectivity index (χ1n) is 11.3. The molecule has 1 unspecified atom stereocenters. The van der Waals surface area contributed by atoms with Gasteiger partial charge in [0.15, 0.2) is 0 Å². The monoisotopic (exact) mass is 479 g/mol. The highest BCUT2D eigenvalue weighted by atomic mass is 19.4. The second kappa shape index (κ2) is 9.01. The Hall–Kier alpha value is -3.95. The molecule has 3 heterocycles. The zero-order valence-electron chi connectivity index (χ0n) is 19.3. The molecule has 0 bridgehead atoms. The van der Waals surface area contributed by atoms with Gasteiger partial charge in [0.2, 0.25) is 5.82 Å². The molecule has 5 rings (SSSR count). The van der Waals surface area contributed by atoms with E-state index in [1.54, 1.807) is 0 Å². The first-order valence-corrected chi connectivity index (χ1v) is 11.3. The van der Waals surface area contributed by atoms with E-state index in [0.29, 0.717) is 23.8 Å². The molecule has 1 aromatic heterocycles. The number of aromatic amines is 1. The minimum atomic E-state index is -4.22. The molecule has 35 heavy (non-hydrogen) atoms. The van der Waals surface area contributed by atoms with Gasteiger partial charge in [0, 0.05) is 37.4 Å². The van der Waals surface area contributed by atoms with Gasteiger partial charge in [-0.3, -0.25) is 10.0 Å². The van der Waals surface area contributed by atoms with Crippen LogP contribution in [0.3, 0.4) is 0 Å². The molecule has 7 nitrogen and oxygen atoms in total. The van der Waals surface area contributed by atoms with Crippen LogP contribution >= 0.6 is 0 Å². The van der Waals surface area contributed by atoms with Crippen molar-refractivity contribution in [2.75, 3.05) is 7.05 Å². The maximum atomic E-state index is 13.0. The second-order valence-corrected chi connectivity index (χ2v) is 8.71. The quantitative estimate of drug-likeness (QED) is 0.529. The molecule has 0 aliphatic carbocycles. The molecule has 0 saturated carbocycles. The zero-order chi connectivity index (χ0) is 24.6. The Bertz CT molecular complexity index is 1290. The van der Waals surface area contributed by atoms with Crippen molar-refractivity contribution in [2.45, 2.75) is 38.4 Å². The lowest BCUT2D eigenvalue weighted by atomic mass is 9.95. The van der Waals surface area contributed by atoms with Crippen molar-refractivity contribution >= 4 is 5.71 Å². The van der Waals surface area contributed by atoms with E-state index in [1.807, 2.05) is 84.8 Å². The largest absolute Gasteiger partial charge is 0.389 e. The van der Waals surface area contributed by atoms with Gasteiger partial charge >= 0.3 is 6.18 Å². The van der Waals surface area contributed by atoms with E-state index in [-0.39, 0.29) is 12.5 Å². The maximum absolute atomic E-state index is 13.0. The standard InChI is InChI=1S/C25H24F3N7/c1-16-13-23-29-21(11-12-25(26,27)28)22(35(23)34(2)15-16)14-17-7-9-18(10-8-17)19-5-3-4-6-20(19)24-30-32-33-31-24/h3-10,13,15,22H,11-12,14H2,1-2H3,(H,30,31,32,33). The van der Waals surface area contributed by atoms with Crippen molar-refractivity contribution in [1.82, 2.24) is 30.6 Å². The molecule has 2 aromatic carbocycles. The molecule has 0 saturated heterocycles. The van der Waals surface area contributed by atoms with E-state index in [2.05, 4.69) is 25.6 Å². The van der Waals surface area contributed by atoms with Crippen LogP contribution in [0.4, 0.5) is 13.2 Å². The Morgan fingerprint density at radius 1 is 1.03 bits per heavy atom. The van der Waals surface area contributed by atoms with Gasteiger partial charge < -0.3 is 0 Å². The van der Waals surface area contributed by atoms with Crippen LogP contribution in [-0.4, -0.2) is 55.6 Å². The number of hydrazine groups is 1. The third-order valence-corrected chi connectivity index (χ3v) is 6.13. The zero-order valence-corrected chi connectivity index (χ0v) is 19.3. The number of aromatic nitrogens is 4. The number of rotatable bonds is 6. The number of nitrogens with one attached hydrogen (secondary N) is 1. The van der Waals surface area contributed by atoms with Crippen LogP contribution in [0.2, 0.25) is 0 Å². The van der Waals surface area contributed by atoms with E-state index in [0.717, 1.165) is 27.8 Å². The highest BCUT2D eigenvalue weighted by molar-refractivity contribution is 5.93. The van der Waals surface area contributed by atoms with Crippen LogP contribution in [0.25, 0.3) is 22.5 Å². The fourth-order valence-corrected chi connectivity index (χ4v) is 4.60. The molecule has 0 radical (unpaired) electrons. The van der Waals surface area contributed by atoms with E-state index in [9.17, 15) is 13.2 Å². The second-order valence-electron chi connectivity index (χ2n) is 8.71. The summed E-state index contributed by atoms with van der Waals surface area (Å²) in [5.41, 5.74) is 5.38. The number of fused-ring (bicyclic) bond motifs is 1. The first kappa shape index (κ1) is 22.8. The van der Waals surface area contributed by atoms with Crippen molar-refractivity contribution in [3.05, 3.63) is 77.8 Å². The highest BCUT2D eigenvalue weighted by Crippen LogP contribution is 2.34. The van der Waals surface area contributed by atoms with Gasteiger partial charge in [-0.15, -0.1) is 10.2 Å². The van der Waals surface area contributed by atoms with Gasteiger partial charge in [-0.25, -0.2) is 4.99 Å². The Balaban J connectivity index is 1.40. The first-order chi connectivity index (χ1) is 16.8. The fourth-order valence-electron chi connectivity index (χ4n) is 4.60. The van der Waals surface area contributed by atoms with Gasteiger partial charge in [-0.1, -0.05) is 48.5 Å². The normalized spacial score (nSPS) is 17.7. The van der Waals surface area contributed by atoms with E-state index in [1.165, 1.54) is 0 Å². The third-order valence-electron chi connectivity index (χ3n) is 6.13. The number of allylic oxidation sites excluding steroid dienone is 2. The minimum absolute atomic E-state index is 0.120. The van der Waals surface area contributed by atoms with E-state index in [4.69, 9.17) is 0 Å². The van der Waals surface area contributed by atoms with Crippen LogP contribution < -0.4 is 0 Å². The lowest BCUT2D eigenvalue weighted by molar-refractivity contribution is -0.132. The number of halogens is 3. The van der Waals surface area contributed by atoms with Crippen LogP contribution in [0.15, 0.2) is 77.2 Å². The van der Waals surface area contributed by atoms with Crippen molar-refractivity contribution in [2.24, 2.45) is 4.99 Å². The van der Waals surface area contributed by atoms with Crippen molar-refractivity contribution in [1.29, 1.82) is 0 Å². The van der Waals surface area contributed by atoms with Crippen molar-refractivity contribution in [3.8, 4) is 22.5 Å². The van der Waals surface area contributed by atoms with Crippen molar-refractivity contribution in [3.63, 3.8) is 0 Å². The molecule has 3 aromatic rings. The fraction of sp³-hybridized carbons (Fsp3) is 0.280. The summed E-state index contributed by atoms with van der Waals surface area (Å²) in [7, 11) is 1.89. The molecule has 2 aliphatic heterocycles. The number of alkyl halides is 3. The number of nitrogens with zero attached hydrogens (tertiary/aromatic N) is 6. The highest BCUT2D eigenvalue weighted by Gasteiger charge is 2.38. The van der Waals surface area contributed by atoms with Crippen LogP contribution in [0.1, 0.15) is 25.3 Å². The lowest BCUT2D eigenvalue weighted by Gasteiger charge is -2.37. The molecule has 10 heteroatoms. The summed E-state index contributed by atoms with van der Waals surface area (Å²) >= 11 is 0. The average Bonchev–Trinajstić information content (AvgIpc) is 3.46. The Labute approximate surface area is 200 Å². The third kappa shape index (κ3) is 4.82. The Morgan fingerprint density at radius 2 is 1.77 bits per heavy atom. The summed E-state index contributed by atoms with van der Waals surface area (Å²) in [6, 6.07) is 15.6. The number of H-pyrrole nitrogens is 1. The van der Waals surface area contributed by atoms with Crippen LogP contribution in [0.5, 0.6) is 0 Å². The molecular formula is C25H24F3N7. The molecule has 2 aliphatic rings. The van der Waals surface area contributed by atoms with Crippen molar-refractivity contribution < 1.29 is 13.2 Å². The van der Waals surface area contributed by atoms with Gasteiger partial charge in [0.1, 0.15) is 5.82 Å². The minimum Gasteiger partial charge on any atom is -0.293 e. The van der Waals surface area contributed by atoms with Gasteiger partial charge in [0.05, 0.1) is 6.04 Å². The molecule has 0 fully saturated rings. The van der Waals surface area contributed by atoms with Crippen LogP contribution in [-0.2, 0) is 6.42 Å². The van der Waals surface area contributed by atoms with Gasteiger partial charge in [-0.2, -0.15) is 18.4 Å². The topological polar surface area (TPSA) is 73.3 Å². The molecule has 1 atom stereocenters. The van der Waals surface area contributed by atoms with Crippen LogP contribution in [0, 0.1) is 0 Å². The maximum Gasteiger partial charge on any atom is 0.389 e. The number of hydrogen-bond donors (Lipinski definition) is 1. The lowest BCUT2D eigenvalue weighted by Crippen LogP contribution is -2.45. The molecule has 180 valence electrons. The molecule has 0 spiro atoms. The number of benzene rings is 2. The molecule has 0 amide bonds. The van der Waals surface area contributed by atoms with E-state index < -0.39 is 12.6 Å². The predicted molar refractivity (Wildman–Crippen MR) is 127 cm³/mol. The summed E-state index contributed by atoms with van der Waals surface area (Å²) < 4.78 is 39.0. The number of aliphatic imine (C=N–C) groups is 1. The van der Waals surface area contributed by atoms with E-state index >= 15 is 0 Å². The molecule has 1 N–H and O–H groups in total. The summed E-state index contributed by atoms with van der Waals surface area (Å²) in [6.45, 7) is 1.95. The summed E-state index contributed by atoms with van der Waals surface area (Å²) in [6.07, 6.45) is -0.824.